The van der Waals surface area contributed by atoms with E-state index in [0.29, 0.717) is 17.4 Å². The van der Waals surface area contributed by atoms with Crippen molar-refractivity contribution in [1.82, 2.24) is 0 Å². The lowest BCUT2D eigenvalue weighted by Crippen LogP contribution is -2.37. The van der Waals surface area contributed by atoms with Crippen LogP contribution in [-0.4, -0.2) is 70.0 Å². The number of ether oxygens (including phenoxy) is 2. The maximum atomic E-state index is 12.7. The van der Waals surface area contributed by atoms with E-state index in [1.54, 1.807) is 0 Å². The first-order valence-corrected chi connectivity index (χ1v) is 23.8. The van der Waals surface area contributed by atoms with Gasteiger partial charge in [-0.25, -0.2) is 0 Å². The van der Waals surface area contributed by atoms with Gasteiger partial charge < -0.3 is 27.9 Å². The Bertz CT molecular complexity index is 1100. The Kier molecular flexibility index (Phi) is 37.1. The van der Waals surface area contributed by atoms with Crippen LogP contribution < -0.4 is 4.89 Å². The zero-order valence-electron chi connectivity index (χ0n) is 36.6. The van der Waals surface area contributed by atoms with E-state index in [9.17, 15) is 19.0 Å². The van der Waals surface area contributed by atoms with Crippen LogP contribution >= 0.6 is 7.82 Å². The van der Waals surface area contributed by atoms with Crippen LogP contribution in [-0.2, 0) is 32.7 Å². The Balaban J connectivity index is 4.38. The zero-order valence-corrected chi connectivity index (χ0v) is 37.5. The molecule has 0 amide bonds. The van der Waals surface area contributed by atoms with Crippen LogP contribution in [0.1, 0.15) is 181 Å². The van der Waals surface area contributed by atoms with Crippen molar-refractivity contribution < 1.29 is 42.1 Å². The number of phosphoric acid groups is 1. The molecule has 0 N–H and O–H groups in total. The van der Waals surface area contributed by atoms with Crippen molar-refractivity contribution in [1.29, 1.82) is 0 Å². The molecule has 0 aromatic carbocycles. The minimum atomic E-state index is -4.63. The Labute approximate surface area is 343 Å². The van der Waals surface area contributed by atoms with Crippen LogP contribution in [0.4, 0.5) is 0 Å². The van der Waals surface area contributed by atoms with Crippen LogP contribution in [0, 0.1) is 0 Å². The fourth-order valence-corrected chi connectivity index (χ4v) is 6.50. The number of phosphoric ester groups is 1. The average Bonchev–Trinajstić information content (AvgIpc) is 3.15. The van der Waals surface area contributed by atoms with Gasteiger partial charge in [-0.1, -0.05) is 140 Å². The number of likely N-dealkylation sites (N-methyl/N-ethyl adjacent to an activating group) is 1. The van der Waals surface area contributed by atoms with Gasteiger partial charge in [-0.15, -0.1) is 0 Å². The first kappa shape index (κ1) is 54.0. The van der Waals surface area contributed by atoms with Gasteiger partial charge in [-0.3, -0.25) is 14.2 Å². The summed E-state index contributed by atoms with van der Waals surface area (Å²) in [4.78, 5) is 37.5. The average molecular weight is 810 g/mol. The molecule has 0 spiro atoms. The summed E-state index contributed by atoms with van der Waals surface area (Å²) in [5.74, 6) is -0.861. The second-order valence-corrected chi connectivity index (χ2v) is 17.5. The number of unbranched alkanes of at least 4 members (excludes halogenated alkanes) is 18. The number of carbonyl (C=O) groups is 2. The molecule has 0 radical (unpaired) electrons. The highest BCUT2D eigenvalue weighted by Crippen LogP contribution is 2.38. The molecule has 0 aromatic heterocycles. The molecule has 0 fully saturated rings. The van der Waals surface area contributed by atoms with Gasteiger partial charge in [0.1, 0.15) is 19.8 Å². The molecule has 0 bridgehead atoms. The third-order valence-electron chi connectivity index (χ3n) is 9.32. The predicted molar refractivity (Wildman–Crippen MR) is 231 cm³/mol. The number of allylic oxidation sites excluding steroid dienone is 8. The largest absolute Gasteiger partial charge is 0.756 e. The van der Waals surface area contributed by atoms with Crippen molar-refractivity contribution in [2.45, 2.75) is 187 Å². The molecule has 0 heterocycles. The monoisotopic (exact) mass is 810 g/mol. The second kappa shape index (κ2) is 38.5. The molecular weight excluding hydrogens is 725 g/mol. The van der Waals surface area contributed by atoms with E-state index in [4.69, 9.17) is 18.5 Å². The summed E-state index contributed by atoms with van der Waals surface area (Å²) in [6, 6.07) is 0. The molecule has 0 saturated carbocycles. The van der Waals surface area contributed by atoms with Crippen molar-refractivity contribution in [3.63, 3.8) is 0 Å². The summed E-state index contributed by atoms with van der Waals surface area (Å²) in [7, 11) is 1.15. The molecule has 0 aliphatic rings. The lowest BCUT2D eigenvalue weighted by molar-refractivity contribution is -0.870. The smallest absolute Gasteiger partial charge is 0.306 e. The number of carbonyl (C=O) groups excluding carboxylic acids is 2. The Morgan fingerprint density at radius 1 is 0.554 bits per heavy atom. The summed E-state index contributed by atoms with van der Waals surface area (Å²) in [5, 5.41) is 0. The van der Waals surface area contributed by atoms with Crippen molar-refractivity contribution in [3.8, 4) is 0 Å². The van der Waals surface area contributed by atoms with Crippen LogP contribution in [0.25, 0.3) is 0 Å². The van der Waals surface area contributed by atoms with Gasteiger partial charge in [0.25, 0.3) is 7.82 Å². The van der Waals surface area contributed by atoms with Crippen LogP contribution in [0.2, 0.25) is 0 Å². The van der Waals surface area contributed by atoms with Gasteiger partial charge in [0.15, 0.2) is 6.10 Å². The molecule has 2 unspecified atom stereocenters. The summed E-state index contributed by atoms with van der Waals surface area (Å²) < 4.78 is 33.9. The third-order valence-corrected chi connectivity index (χ3v) is 10.3. The highest BCUT2D eigenvalue weighted by atomic mass is 31.2. The standard InChI is InChI=1S/C46H84NO8P/c1-6-8-10-12-14-16-18-20-21-22-23-24-25-27-29-31-33-35-37-39-46(49)55-44(43-54-56(50,51)53-41-40-47(3,4)5)42-52-45(48)38-36-34-32-30-28-26-19-17-15-13-11-9-7-2/h14,16-17,19-21,23-24,44H,6-13,15,18,22,25-43H2,1-5H3/b16-14-,19-17-,21-20-,24-23-. The fourth-order valence-electron chi connectivity index (χ4n) is 5.77. The van der Waals surface area contributed by atoms with Crippen molar-refractivity contribution >= 4 is 19.8 Å². The SMILES string of the molecule is CCCCC/C=C\C/C=C\C/C=C\CCCCCCCCC(=O)OC(COC(=O)CCCCCCC/C=C\CCCCCC)COP(=O)([O-])OCC[N+](C)(C)C. The topological polar surface area (TPSA) is 111 Å². The lowest BCUT2D eigenvalue weighted by Gasteiger charge is -2.28. The molecule has 56 heavy (non-hydrogen) atoms. The molecule has 0 aliphatic carbocycles. The summed E-state index contributed by atoms with van der Waals surface area (Å²) in [6.45, 7) is 4.15. The van der Waals surface area contributed by atoms with Crippen LogP contribution in [0.5, 0.6) is 0 Å². The van der Waals surface area contributed by atoms with E-state index in [1.165, 1.54) is 57.8 Å². The maximum absolute atomic E-state index is 12.7. The highest BCUT2D eigenvalue weighted by Gasteiger charge is 2.21. The van der Waals surface area contributed by atoms with E-state index in [1.807, 2.05) is 21.1 Å². The molecule has 0 aliphatic heterocycles. The quantitative estimate of drug-likeness (QED) is 0.0198. The van der Waals surface area contributed by atoms with E-state index in [2.05, 4.69) is 62.5 Å². The number of esters is 2. The van der Waals surface area contributed by atoms with E-state index >= 15 is 0 Å². The van der Waals surface area contributed by atoms with E-state index < -0.39 is 32.5 Å². The first-order valence-electron chi connectivity index (χ1n) is 22.3. The van der Waals surface area contributed by atoms with Crippen LogP contribution in [0.3, 0.4) is 0 Å². The normalized spacial score (nSPS) is 14.0. The molecular formula is C46H84NO8P. The third kappa shape index (κ3) is 41.6. The summed E-state index contributed by atoms with van der Waals surface area (Å²) in [5.41, 5.74) is 0. The molecule has 9 nitrogen and oxygen atoms in total. The van der Waals surface area contributed by atoms with Crippen molar-refractivity contribution in [2.24, 2.45) is 0 Å². The first-order chi connectivity index (χ1) is 27.0. The van der Waals surface area contributed by atoms with Crippen molar-refractivity contribution in [2.75, 3.05) is 47.5 Å². The maximum Gasteiger partial charge on any atom is 0.306 e. The van der Waals surface area contributed by atoms with E-state index in [0.717, 1.165) is 89.9 Å². The fraction of sp³-hybridized carbons (Fsp3) is 0.783. The number of quaternary nitrogens is 1. The van der Waals surface area contributed by atoms with Gasteiger partial charge in [0, 0.05) is 12.8 Å². The Morgan fingerprint density at radius 2 is 0.964 bits per heavy atom. The molecule has 0 saturated heterocycles. The molecule has 0 rings (SSSR count). The molecule has 10 heteroatoms. The van der Waals surface area contributed by atoms with Gasteiger partial charge in [-0.2, -0.15) is 0 Å². The Morgan fingerprint density at radius 3 is 1.48 bits per heavy atom. The number of hydrogen-bond donors (Lipinski definition) is 0. The molecule has 0 aromatic rings. The van der Waals surface area contributed by atoms with Gasteiger partial charge in [0.05, 0.1) is 27.7 Å². The van der Waals surface area contributed by atoms with Crippen molar-refractivity contribution in [3.05, 3.63) is 48.6 Å². The van der Waals surface area contributed by atoms with Gasteiger partial charge >= 0.3 is 11.9 Å². The minimum absolute atomic E-state index is 0.0363. The molecule has 2 atom stereocenters. The highest BCUT2D eigenvalue weighted by molar-refractivity contribution is 7.45. The second-order valence-electron chi connectivity index (χ2n) is 16.1. The van der Waals surface area contributed by atoms with Crippen LogP contribution in [0.15, 0.2) is 48.6 Å². The lowest BCUT2D eigenvalue weighted by atomic mass is 10.1. The molecule has 326 valence electrons. The van der Waals surface area contributed by atoms with Gasteiger partial charge in [-0.05, 0) is 77.0 Å². The predicted octanol–water partition coefficient (Wildman–Crippen LogP) is 12.1. The zero-order chi connectivity index (χ0) is 41.4. The Hall–Kier alpha value is -2.03. The number of hydrogen-bond acceptors (Lipinski definition) is 8. The van der Waals surface area contributed by atoms with Gasteiger partial charge in [0.2, 0.25) is 0 Å². The minimum Gasteiger partial charge on any atom is -0.756 e. The number of rotatable bonds is 40. The summed E-state index contributed by atoms with van der Waals surface area (Å²) >= 11 is 0. The number of nitrogens with zero attached hydrogens (tertiary/aromatic N) is 1. The van der Waals surface area contributed by atoms with E-state index in [-0.39, 0.29) is 26.1 Å². The summed E-state index contributed by atoms with van der Waals surface area (Å²) in [6.07, 6.45) is 44.1.